The van der Waals surface area contributed by atoms with Crippen molar-refractivity contribution in [1.82, 2.24) is 15.5 Å². The average Bonchev–Trinajstić information content (AvgIpc) is 2.32. The molecule has 5 nitrogen and oxygen atoms in total. The van der Waals surface area contributed by atoms with Gasteiger partial charge in [-0.25, -0.2) is 0 Å². The van der Waals surface area contributed by atoms with Gasteiger partial charge in [-0.15, -0.1) is 0 Å². The van der Waals surface area contributed by atoms with E-state index in [0.717, 1.165) is 19.6 Å². The summed E-state index contributed by atoms with van der Waals surface area (Å²) in [4.78, 5) is 13.8. The molecule has 1 amide bonds. The average molecular weight is 259 g/mol. The van der Waals surface area contributed by atoms with Crippen LogP contribution >= 0.6 is 0 Å². The molecule has 0 spiro atoms. The van der Waals surface area contributed by atoms with E-state index in [1.807, 2.05) is 27.9 Å². The zero-order chi connectivity index (χ0) is 14.0. The van der Waals surface area contributed by atoms with E-state index in [9.17, 15) is 4.79 Å². The Morgan fingerprint density at radius 3 is 2.50 bits per heavy atom. The monoisotopic (exact) mass is 259 g/mol. The van der Waals surface area contributed by atoms with E-state index >= 15 is 0 Å². The molecule has 0 heterocycles. The minimum atomic E-state index is -0.170. The first-order valence-electron chi connectivity index (χ1n) is 6.73. The summed E-state index contributed by atoms with van der Waals surface area (Å²) >= 11 is 0. The van der Waals surface area contributed by atoms with E-state index in [-0.39, 0.29) is 18.0 Å². The van der Waals surface area contributed by atoms with Crippen LogP contribution < -0.4 is 10.6 Å². The van der Waals surface area contributed by atoms with E-state index in [0.29, 0.717) is 13.2 Å². The van der Waals surface area contributed by atoms with Crippen LogP contribution in [0, 0.1) is 0 Å². The van der Waals surface area contributed by atoms with Crippen LogP contribution in [0.4, 0.5) is 0 Å². The van der Waals surface area contributed by atoms with Gasteiger partial charge in [0.25, 0.3) is 0 Å². The Labute approximate surface area is 111 Å². The molecule has 0 aromatic rings. The smallest absolute Gasteiger partial charge is 0.237 e. The topological polar surface area (TPSA) is 53.6 Å². The third-order valence-electron chi connectivity index (χ3n) is 2.77. The Morgan fingerprint density at radius 1 is 1.28 bits per heavy atom. The molecule has 0 fully saturated rings. The molecule has 0 rings (SSSR count). The maximum absolute atomic E-state index is 11.7. The lowest BCUT2D eigenvalue weighted by Crippen LogP contribution is -2.46. The molecule has 108 valence electrons. The number of carbonyl (C=O) groups excluding carboxylic acids is 1. The number of hydrogen-bond acceptors (Lipinski definition) is 4. The van der Waals surface area contributed by atoms with E-state index < -0.39 is 0 Å². The second-order valence-electron chi connectivity index (χ2n) is 4.91. The minimum absolute atomic E-state index is 0.0534. The standard InChI is InChI=1S/C13H29N3O2/c1-6-11(2)15-13(17)12(3)14-7-9-18-10-8-16(4)5/h11-12,14H,6-10H2,1-5H3,(H,15,17). The highest BCUT2D eigenvalue weighted by Crippen LogP contribution is 1.90. The Kier molecular flexibility index (Phi) is 9.92. The van der Waals surface area contributed by atoms with Crippen LogP contribution in [-0.4, -0.2) is 63.3 Å². The van der Waals surface area contributed by atoms with E-state index in [2.05, 4.69) is 22.5 Å². The summed E-state index contributed by atoms with van der Waals surface area (Å²) in [5.41, 5.74) is 0. The van der Waals surface area contributed by atoms with Crippen molar-refractivity contribution in [3.8, 4) is 0 Å². The maximum Gasteiger partial charge on any atom is 0.237 e. The molecular weight excluding hydrogens is 230 g/mol. The highest BCUT2D eigenvalue weighted by atomic mass is 16.5. The number of likely N-dealkylation sites (N-methyl/N-ethyl adjacent to an activating group) is 1. The Morgan fingerprint density at radius 2 is 1.94 bits per heavy atom. The van der Waals surface area contributed by atoms with Crippen molar-refractivity contribution < 1.29 is 9.53 Å². The predicted molar refractivity (Wildman–Crippen MR) is 74.7 cm³/mol. The second kappa shape index (κ2) is 10.3. The van der Waals surface area contributed by atoms with Gasteiger partial charge in [-0.1, -0.05) is 6.92 Å². The van der Waals surface area contributed by atoms with E-state index in [4.69, 9.17) is 4.74 Å². The molecule has 0 radical (unpaired) electrons. The van der Waals surface area contributed by atoms with Crippen molar-refractivity contribution in [3.05, 3.63) is 0 Å². The van der Waals surface area contributed by atoms with Crippen molar-refractivity contribution in [2.24, 2.45) is 0 Å². The first-order valence-corrected chi connectivity index (χ1v) is 6.73. The zero-order valence-corrected chi connectivity index (χ0v) is 12.5. The number of ether oxygens (including phenoxy) is 1. The van der Waals surface area contributed by atoms with Crippen LogP contribution in [0.1, 0.15) is 27.2 Å². The minimum Gasteiger partial charge on any atom is -0.379 e. The number of rotatable bonds is 10. The number of amides is 1. The Bertz CT molecular complexity index is 222. The van der Waals surface area contributed by atoms with Gasteiger partial charge in [0.05, 0.1) is 19.3 Å². The molecule has 0 aliphatic carbocycles. The normalized spacial score (nSPS) is 14.6. The van der Waals surface area contributed by atoms with Gasteiger partial charge >= 0.3 is 0 Å². The number of hydrogen-bond donors (Lipinski definition) is 2. The quantitative estimate of drug-likeness (QED) is 0.560. The van der Waals surface area contributed by atoms with Gasteiger partial charge < -0.3 is 20.3 Å². The molecule has 0 aromatic carbocycles. The molecule has 0 saturated heterocycles. The lowest BCUT2D eigenvalue weighted by molar-refractivity contribution is -0.123. The van der Waals surface area contributed by atoms with Gasteiger partial charge in [-0.2, -0.15) is 0 Å². The molecule has 0 aromatic heterocycles. The van der Waals surface area contributed by atoms with Crippen LogP contribution in [0.5, 0.6) is 0 Å². The van der Waals surface area contributed by atoms with Crippen LogP contribution in [0.2, 0.25) is 0 Å². The van der Waals surface area contributed by atoms with Crippen molar-refractivity contribution in [3.63, 3.8) is 0 Å². The van der Waals surface area contributed by atoms with E-state index in [1.54, 1.807) is 0 Å². The lowest BCUT2D eigenvalue weighted by Gasteiger charge is -2.17. The van der Waals surface area contributed by atoms with Gasteiger partial charge in [-0.3, -0.25) is 4.79 Å². The lowest BCUT2D eigenvalue weighted by atomic mass is 10.2. The summed E-state index contributed by atoms with van der Waals surface area (Å²) < 4.78 is 5.44. The largest absolute Gasteiger partial charge is 0.379 e. The fourth-order valence-electron chi connectivity index (χ4n) is 1.26. The van der Waals surface area contributed by atoms with Crippen LogP contribution in [0.3, 0.4) is 0 Å². The first-order chi connectivity index (χ1) is 8.47. The molecule has 0 aliphatic heterocycles. The molecule has 5 heteroatoms. The molecule has 18 heavy (non-hydrogen) atoms. The highest BCUT2D eigenvalue weighted by molar-refractivity contribution is 5.81. The van der Waals surface area contributed by atoms with Crippen molar-refractivity contribution >= 4 is 5.91 Å². The maximum atomic E-state index is 11.7. The zero-order valence-electron chi connectivity index (χ0n) is 12.5. The summed E-state index contributed by atoms with van der Waals surface area (Å²) in [7, 11) is 4.03. The molecule has 0 saturated carbocycles. The number of nitrogens with zero attached hydrogens (tertiary/aromatic N) is 1. The van der Waals surface area contributed by atoms with Crippen molar-refractivity contribution in [2.75, 3.05) is 40.4 Å². The second-order valence-corrected chi connectivity index (χ2v) is 4.91. The molecular formula is C13H29N3O2. The molecule has 0 aliphatic rings. The van der Waals surface area contributed by atoms with Crippen LogP contribution in [-0.2, 0) is 9.53 Å². The van der Waals surface area contributed by atoms with Gasteiger partial charge in [0.15, 0.2) is 0 Å². The first kappa shape index (κ1) is 17.4. The highest BCUT2D eigenvalue weighted by Gasteiger charge is 2.13. The van der Waals surface area contributed by atoms with Gasteiger partial charge in [0.1, 0.15) is 0 Å². The number of carbonyl (C=O) groups is 1. The third-order valence-corrected chi connectivity index (χ3v) is 2.77. The molecule has 2 N–H and O–H groups in total. The fraction of sp³-hybridized carbons (Fsp3) is 0.923. The Hall–Kier alpha value is -0.650. The molecule has 0 bridgehead atoms. The summed E-state index contributed by atoms with van der Waals surface area (Å²) in [6.07, 6.45) is 0.951. The summed E-state index contributed by atoms with van der Waals surface area (Å²) in [5.74, 6) is 0.0534. The molecule has 2 unspecified atom stereocenters. The van der Waals surface area contributed by atoms with Gasteiger partial charge in [-0.05, 0) is 34.4 Å². The molecule has 2 atom stereocenters. The van der Waals surface area contributed by atoms with Crippen LogP contribution in [0.15, 0.2) is 0 Å². The summed E-state index contributed by atoms with van der Waals surface area (Å²) in [6, 6.07) is 0.0644. The third kappa shape index (κ3) is 9.39. The SMILES string of the molecule is CCC(C)NC(=O)C(C)NCCOCCN(C)C. The Balaban J connectivity index is 3.52. The predicted octanol–water partition coefficient (Wildman–Crippen LogP) is 0.457. The van der Waals surface area contributed by atoms with Crippen LogP contribution in [0.25, 0.3) is 0 Å². The van der Waals surface area contributed by atoms with Crippen molar-refractivity contribution in [2.45, 2.75) is 39.3 Å². The summed E-state index contributed by atoms with van der Waals surface area (Å²) in [5, 5.41) is 6.10. The van der Waals surface area contributed by atoms with Gasteiger partial charge in [0, 0.05) is 19.1 Å². The summed E-state index contributed by atoms with van der Waals surface area (Å²) in [6.45, 7) is 8.91. The number of nitrogens with one attached hydrogen (secondary N) is 2. The fourth-order valence-corrected chi connectivity index (χ4v) is 1.26. The van der Waals surface area contributed by atoms with E-state index in [1.165, 1.54) is 0 Å². The van der Waals surface area contributed by atoms with Crippen molar-refractivity contribution in [1.29, 1.82) is 0 Å². The van der Waals surface area contributed by atoms with Gasteiger partial charge in [0.2, 0.25) is 5.91 Å².